The van der Waals surface area contributed by atoms with Crippen LogP contribution < -0.4 is 0 Å². The van der Waals surface area contributed by atoms with Crippen LogP contribution in [0.5, 0.6) is 0 Å². The maximum absolute atomic E-state index is 6.02. The number of H-pyrrole nitrogens is 1. The molecule has 3 nitrogen and oxygen atoms in total. The fraction of sp³-hybridized carbons (Fsp3) is 0.318. The summed E-state index contributed by atoms with van der Waals surface area (Å²) in [7, 11) is 0. The van der Waals surface area contributed by atoms with Crippen molar-refractivity contribution in [3.8, 4) is 11.1 Å². The zero-order valence-electron chi connectivity index (χ0n) is 14.9. The van der Waals surface area contributed by atoms with Crippen LogP contribution in [0.25, 0.3) is 11.1 Å². The molecule has 0 bridgehead atoms. The SMILES string of the molecule is Clc1ccc(-c2cn[nH]c2C2CCN(CCc3ccccc3)CC2)cc1. The van der Waals surface area contributed by atoms with E-state index in [4.69, 9.17) is 11.6 Å². The summed E-state index contributed by atoms with van der Waals surface area (Å²) in [5.74, 6) is 0.552. The minimum atomic E-state index is 0.552. The molecule has 3 aromatic rings. The molecule has 1 N–H and O–H groups in total. The Morgan fingerprint density at radius 2 is 1.73 bits per heavy atom. The van der Waals surface area contributed by atoms with E-state index in [0.29, 0.717) is 5.92 Å². The monoisotopic (exact) mass is 365 g/mol. The number of piperidine rings is 1. The Kier molecular flexibility index (Phi) is 5.37. The Hall–Kier alpha value is -2.10. The topological polar surface area (TPSA) is 31.9 Å². The lowest BCUT2D eigenvalue weighted by Gasteiger charge is -2.32. The summed E-state index contributed by atoms with van der Waals surface area (Å²) in [6.45, 7) is 3.44. The van der Waals surface area contributed by atoms with E-state index in [0.717, 1.165) is 31.1 Å². The van der Waals surface area contributed by atoms with Gasteiger partial charge in [0, 0.05) is 28.7 Å². The molecule has 1 saturated heterocycles. The highest BCUT2D eigenvalue weighted by Gasteiger charge is 2.24. The number of benzene rings is 2. The molecule has 1 aromatic heterocycles. The Morgan fingerprint density at radius 3 is 2.46 bits per heavy atom. The molecule has 0 aliphatic carbocycles. The quantitative estimate of drug-likeness (QED) is 0.677. The van der Waals surface area contributed by atoms with Gasteiger partial charge in [-0.15, -0.1) is 0 Å². The van der Waals surface area contributed by atoms with Crippen LogP contribution in [0.2, 0.25) is 5.02 Å². The van der Waals surface area contributed by atoms with Gasteiger partial charge in [-0.3, -0.25) is 5.10 Å². The number of nitrogens with zero attached hydrogens (tertiary/aromatic N) is 2. The standard InChI is InChI=1S/C22H24ClN3/c23-20-8-6-18(7-9-20)21-16-24-25-22(21)19-11-14-26(15-12-19)13-10-17-4-2-1-3-5-17/h1-9,16,19H,10-15H2,(H,24,25). The van der Waals surface area contributed by atoms with Crippen molar-refractivity contribution >= 4 is 11.6 Å². The van der Waals surface area contributed by atoms with Gasteiger partial charge >= 0.3 is 0 Å². The molecule has 4 rings (SSSR count). The lowest BCUT2D eigenvalue weighted by atomic mass is 9.89. The summed E-state index contributed by atoms with van der Waals surface area (Å²) in [4.78, 5) is 2.59. The number of likely N-dealkylation sites (tertiary alicyclic amines) is 1. The fourth-order valence-corrected chi connectivity index (χ4v) is 3.97. The lowest BCUT2D eigenvalue weighted by Crippen LogP contribution is -2.34. The maximum Gasteiger partial charge on any atom is 0.0568 e. The van der Waals surface area contributed by atoms with Gasteiger partial charge in [0.25, 0.3) is 0 Å². The van der Waals surface area contributed by atoms with E-state index in [9.17, 15) is 0 Å². The van der Waals surface area contributed by atoms with Crippen LogP contribution in [0.3, 0.4) is 0 Å². The van der Waals surface area contributed by atoms with Crippen LogP contribution >= 0.6 is 11.6 Å². The summed E-state index contributed by atoms with van der Waals surface area (Å²) in [5.41, 5.74) is 5.09. The van der Waals surface area contributed by atoms with Gasteiger partial charge in [0.2, 0.25) is 0 Å². The third kappa shape index (κ3) is 4.00. The third-order valence-electron chi connectivity index (χ3n) is 5.38. The first-order chi connectivity index (χ1) is 12.8. The highest BCUT2D eigenvalue weighted by Crippen LogP contribution is 2.34. The van der Waals surface area contributed by atoms with Crippen LogP contribution in [-0.2, 0) is 6.42 Å². The van der Waals surface area contributed by atoms with E-state index in [2.05, 4.69) is 57.6 Å². The molecule has 26 heavy (non-hydrogen) atoms. The number of aromatic nitrogens is 2. The predicted octanol–water partition coefficient (Wildman–Crippen LogP) is 5.15. The van der Waals surface area contributed by atoms with Crippen LogP contribution in [0.15, 0.2) is 60.8 Å². The van der Waals surface area contributed by atoms with E-state index in [1.54, 1.807) is 0 Å². The minimum absolute atomic E-state index is 0.552. The van der Waals surface area contributed by atoms with Crippen LogP contribution in [0, 0.1) is 0 Å². The Morgan fingerprint density at radius 1 is 1.00 bits per heavy atom. The summed E-state index contributed by atoms with van der Waals surface area (Å²) in [6.07, 6.45) is 5.43. The van der Waals surface area contributed by atoms with Gasteiger partial charge in [0.15, 0.2) is 0 Å². The molecular formula is C22H24ClN3. The molecule has 0 atom stereocenters. The molecule has 2 aromatic carbocycles. The number of nitrogens with one attached hydrogen (secondary N) is 1. The second-order valence-corrected chi connectivity index (χ2v) is 7.49. The van der Waals surface area contributed by atoms with Crippen molar-refractivity contribution in [2.45, 2.75) is 25.2 Å². The first kappa shape index (κ1) is 17.3. The Bertz CT molecular complexity index is 818. The molecule has 1 fully saturated rings. The second-order valence-electron chi connectivity index (χ2n) is 7.06. The first-order valence-corrected chi connectivity index (χ1v) is 9.73. The molecule has 0 spiro atoms. The second kappa shape index (κ2) is 8.07. The molecule has 134 valence electrons. The Balaban J connectivity index is 1.37. The number of aromatic amines is 1. The molecule has 4 heteroatoms. The van der Waals surface area contributed by atoms with Gasteiger partial charge in [-0.2, -0.15) is 5.10 Å². The van der Waals surface area contributed by atoms with Crippen LogP contribution in [0.1, 0.15) is 30.0 Å². The molecular weight excluding hydrogens is 342 g/mol. The highest BCUT2D eigenvalue weighted by atomic mass is 35.5. The summed E-state index contributed by atoms with van der Waals surface area (Å²) < 4.78 is 0. The van der Waals surface area contributed by atoms with Gasteiger partial charge < -0.3 is 4.90 Å². The van der Waals surface area contributed by atoms with Crippen molar-refractivity contribution in [1.82, 2.24) is 15.1 Å². The van der Waals surface area contributed by atoms with Gasteiger partial charge in [-0.25, -0.2) is 0 Å². The fourth-order valence-electron chi connectivity index (χ4n) is 3.84. The van der Waals surface area contributed by atoms with E-state index in [-0.39, 0.29) is 0 Å². The zero-order valence-corrected chi connectivity index (χ0v) is 15.6. The Labute approximate surface area is 160 Å². The first-order valence-electron chi connectivity index (χ1n) is 9.35. The van der Waals surface area contributed by atoms with Gasteiger partial charge in [0.1, 0.15) is 0 Å². The average molecular weight is 366 g/mol. The zero-order chi connectivity index (χ0) is 17.8. The van der Waals surface area contributed by atoms with Crippen molar-refractivity contribution in [2.24, 2.45) is 0 Å². The average Bonchev–Trinajstić information content (AvgIpc) is 3.18. The summed E-state index contributed by atoms with van der Waals surface area (Å²) >= 11 is 6.02. The molecule has 2 heterocycles. The summed E-state index contributed by atoms with van der Waals surface area (Å²) in [5, 5.41) is 8.35. The van der Waals surface area contributed by atoms with Gasteiger partial charge in [-0.1, -0.05) is 54.1 Å². The summed E-state index contributed by atoms with van der Waals surface area (Å²) in [6, 6.07) is 18.8. The van der Waals surface area contributed by atoms with Crippen LogP contribution in [-0.4, -0.2) is 34.7 Å². The normalized spacial score (nSPS) is 16.0. The van der Waals surface area contributed by atoms with Crippen molar-refractivity contribution in [3.63, 3.8) is 0 Å². The van der Waals surface area contributed by atoms with Crippen LogP contribution in [0.4, 0.5) is 0 Å². The highest BCUT2D eigenvalue weighted by molar-refractivity contribution is 6.30. The third-order valence-corrected chi connectivity index (χ3v) is 5.63. The minimum Gasteiger partial charge on any atom is -0.303 e. The number of rotatable bonds is 5. The number of halogens is 1. The smallest absolute Gasteiger partial charge is 0.0568 e. The van der Waals surface area contributed by atoms with Crippen molar-refractivity contribution < 1.29 is 0 Å². The molecule has 0 amide bonds. The van der Waals surface area contributed by atoms with Crippen molar-refractivity contribution in [2.75, 3.05) is 19.6 Å². The van der Waals surface area contributed by atoms with Gasteiger partial charge in [0.05, 0.1) is 6.20 Å². The predicted molar refractivity (Wildman–Crippen MR) is 108 cm³/mol. The number of hydrogen-bond acceptors (Lipinski definition) is 2. The molecule has 0 saturated carbocycles. The van der Waals surface area contributed by atoms with E-state index >= 15 is 0 Å². The largest absolute Gasteiger partial charge is 0.303 e. The van der Waals surface area contributed by atoms with E-state index in [1.807, 2.05) is 18.3 Å². The molecule has 0 radical (unpaired) electrons. The molecule has 1 aliphatic rings. The van der Waals surface area contributed by atoms with E-state index < -0.39 is 0 Å². The van der Waals surface area contributed by atoms with Gasteiger partial charge in [-0.05, 0) is 55.6 Å². The van der Waals surface area contributed by atoms with E-state index in [1.165, 1.54) is 35.2 Å². The molecule has 0 unspecified atom stereocenters. The number of hydrogen-bond donors (Lipinski definition) is 1. The van der Waals surface area contributed by atoms with Crippen molar-refractivity contribution in [3.05, 3.63) is 77.1 Å². The van der Waals surface area contributed by atoms with Crippen molar-refractivity contribution in [1.29, 1.82) is 0 Å². The lowest BCUT2D eigenvalue weighted by molar-refractivity contribution is 0.213. The maximum atomic E-state index is 6.02. The molecule has 1 aliphatic heterocycles.